The second-order valence-electron chi connectivity index (χ2n) is 7.60. The molecule has 4 rings (SSSR count). The van der Waals surface area contributed by atoms with Crippen molar-refractivity contribution in [3.05, 3.63) is 66.1 Å². The van der Waals surface area contributed by atoms with Crippen LogP contribution in [0.25, 0.3) is 11.5 Å². The van der Waals surface area contributed by atoms with Crippen molar-refractivity contribution in [1.82, 2.24) is 20.4 Å². The lowest BCUT2D eigenvalue weighted by Gasteiger charge is -2.14. The molecule has 1 N–H and O–H groups in total. The molecular weight excluding hydrogens is 424 g/mol. The average Bonchev–Trinajstić information content (AvgIpc) is 3.52. The largest absolute Gasteiger partial charge is 0.493 e. The Morgan fingerprint density at radius 3 is 2.62 bits per heavy atom. The fourth-order valence-corrected chi connectivity index (χ4v) is 4.16. The summed E-state index contributed by atoms with van der Waals surface area (Å²) in [6, 6.07) is 17.0. The molecule has 0 bridgehead atoms. The molecule has 3 aromatic rings. The van der Waals surface area contributed by atoms with E-state index in [0.717, 1.165) is 36.7 Å². The lowest BCUT2D eigenvalue weighted by molar-refractivity contribution is 0.0949. The quantitative estimate of drug-likeness (QED) is 0.442. The molecule has 1 aromatic heterocycles. The van der Waals surface area contributed by atoms with Gasteiger partial charge in [0, 0.05) is 30.0 Å². The van der Waals surface area contributed by atoms with Gasteiger partial charge in [-0.1, -0.05) is 18.2 Å². The lowest BCUT2D eigenvalue weighted by atomic mass is 10.1. The minimum absolute atomic E-state index is 0.0592. The molecule has 0 atom stereocenters. The molecule has 2 aromatic carbocycles. The summed E-state index contributed by atoms with van der Waals surface area (Å²) in [5, 5.41) is 11.2. The molecule has 1 fully saturated rings. The predicted octanol–water partition coefficient (Wildman–Crippen LogP) is 3.87. The predicted molar refractivity (Wildman–Crippen MR) is 126 cm³/mol. The Labute approximate surface area is 192 Å². The third kappa shape index (κ3) is 6.58. The molecule has 0 aliphatic carbocycles. The minimum atomic E-state index is -0.0592. The van der Waals surface area contributed by atoms with Crippen molar-refractivity contribution in [2.75, 3.05) is 38.5 Å². The van der Waals surface area contributed by atoms with E-state index >= 15 is 0 Å². The number of ether oxygens (including phenoxy) is 1. The number of likely N-dealkylation sites (tertiary alicyclic amines) is 1. The van der Waals surface area contributed by atoms with Crippen LogP contribution in [0.1, 0.15) is 29.1 Å². The van der Waals surface area contributed by atoms with Gasteiger partial charge in [-0.05, 0) is 62.3 Å². The monoisotopic (exact) mass is 452 g/mol. The number of benzene rings is 2. The molecule has 0 saturated carbocycles. The van der Waals surface area contributed by atoms with E-state index in [1.807, 2.05) is 42.5 Å². The molecule has 1 aliphatic heterocycles. The fourth-order valence-electron chi connectivity index (χ4n) is 3.52. The van der Waals surface area contributed by atoms with Crippen LogP contribution in [0.15, 0.2) is 59.0 Å². The lowest BCUT2D eigenvalue weighted by Crippen LogP contribution is -2.33. The van der Waals surface area contributed by atoms with Gasteiger partial charge in [-0.3, -0.25) is 4.79 Å². The van der Waals surface area contributed by atoms with Crippen LogP contribution < -0.4 is 10.1 Å². The third-order valence-corrected chi connectivity index (χ3v) is 6.14. The number of amides is 1. The first kappa shape index (κ1) is 22.4. The number of hydrogen-bond donors (Lipinski definition) is 1. The second-order valence-corrected chi connectivity index (χ2v) is 8.70. The Hall–Kier alpha value is -2.84. The second kappa shape index (κ2) is 11.7. The molecule has 0 spiro atoms. The van der Waals surface area contributed by atoms with Gasteiger partial charge in [0.05, 0.1) is 12.4 Å². The van der Waals surface area contributed by atoms with E-state index in [1.54, 1.807) is 23.9 Å². The van der Waals surface area contributed by atoms with Crippen molar-refractivity contribution in [2.24, 2.45) is 0 Å². The molecule has 7 nitrogen and oxygen atoms in total. The van der Waals surface area contributed by atoms with Crippen molar-refractivity contribution in [3.63, 3.8) is 0 Å². The molecule has 1 saturated heterocycles. The van der Waals surface area contributed by atoms with Gasteiger partial charge in [-0.2, -0.15) is 0 Å². The van der Waals surface area contributed by atoms with Crippen LogP contribution >= 0.6 is 11.8 Å². The van der Waals surface area contributed by atoms with E-state index in [4.69, 9.17) is 9.15 Å². The third-order valence-electron chi connectivity index (χ3n) is 5.24. The first-order valence-electron chi connectivity index (χ1n) is 11.0. The van der Waals surface area contributed by atoms with Crippen molar-refractivity contribution in [2.45, 2.75) is 18.6 Å². The highest BCUT2D eigenvalue weighted by atomic mass is 32.2. The minimum Gasteiger partial charge on any atom is -0.493 e. The van der Waals surface area contributed by atoms with E-state index in [1.165, 1.54) is 12.8 Å². The van der Waals surface area contributed by atoms with Gasteiger partial charge in [0.1, 0.15) is 5.75 Å². The Bertz CT molecular complexity index is 972. The summed E-state index contributed by atoms with van der Waals surface area (Å²) in [6.45, 7) is 4.47. The summed E-state index contributed by atoms with van der Waals surface area (Å²) in [6.07, 6.45) is 2.52. The van der Waals surface area contributed by atoms with Crippen LogP contribution in [-0.2, 0) is 5.75 Å². The highest BCUT2D eigenvalue weighted by Gasteiger charge is 2.13. The number of nitrogens with one attached hydrogen (secondary N) is 1. The Balaban J connectivity index is 1.19. The average molecular weight is 453 g/mol. The molecule has 168 valence electrons. The van der Waals surface area contributed by atoms with E-state index in [0.29, 0.717) is 36.2 Å². The number of nitrogens with zero attached hydrogens (tertiary/aromatic N) is 3. The summed E-state index contributed by atoms with van der Waals surface area (Å²) in [7, 11) is 0. The zero-order chi connectivity index (χ0) is 22.0. The highest BCUT2D eigenvalue weighted by molar-refractivity contribution is 7.98. The van der Waals surface area contributed by atoms with E-state index < -0.39 is 0 Å². The van der Waals surface area contributed by atoms with Crippen molar-refractivity contribution < 1.29 is 13.9 Å². The van der Waals surface area contributed by atoms with Gasteiger partial charge < -0.3 is 19.4 Å². The van der Waals surface area contributed by atoms with Crippen molar-refractivity contribution in [3.8, 4) is 17.2 Å². The molecule has 0 unspecified atom stereocenters. The highest BCUT2D eigenvalue weighted by Crippen LogP contribution is 2.21. The Kier molecular flexibility index (Phi) is 8.17. The summed E-state index contributed by atoms with van der Waals surface area (Å²) in [5.41, 5.74) is 1.43. The first-order valence-corrected chi connectivity index (χ1v) is 12.1. The van der Waals surface area contributed by atoms with E-state index in [-0.39, 0.29) is 5.91 Å². The summed E-state index contributed by atoms with van der Waals surface area (Å²) in [4.78, 5) is 14.7. The van der Waals surface area contributed by atoms with E-state index in [2.05, 4.69) is 20.4 Å². The maximum Gasteiger partial charge on any atom is 0.251 e. The van der Waals surface area contributed by atoms with Gasteiger partial charge in [0.25, 0.3) is 5.91 Å². The summed E-state index contributed by atoms with van der Waals surface area (Å²) in [5.74, 6) is 3.31. The molecule has 0 radical (unpaired) electrons. The smallest absolute Gasteiger partial charge is 0.251 e. The molecule has 1 aliphatic rings. The number of thioether (sulfide) groups is 1. The zero-order valence-corrected chi connectivity index (χ0v) is 18.9. The molecule has 2 heterocycles. The van der Waals surface area contributed by atoms with Crippen LogP contribution in [0.4, 0.5) is 0 Å². The van der Waals surface area contributed by atoms with E-state index in [9.17, 15) is 4.79 Å². The number of carbonyl (C=O) groups is 1. The number of rotatable bonds is 11. The van der Waals surface area contributed by atoms with Crippen molar-refractivity contribution in [1.29, 1.82) is 0 Å². The maximum atomic E-state index is 12.3. The van der Waals surface area contributed by atoms with Crippen LogP contribution in [0, 0.1) is 0 Å². The molecule has 8 heteroatoms. The number of aromatic nitrogens is 2. The van der Waals surface area contributed by atoms with Gasteiger partial charge in [-0.25, -0.2) is 0 Å². The van der Waals surface area contributed by atoms with Crippen molar-refractivity contribution >= 4 is 17.7 Å². The SMILES string of the molecule is O=C(NCCN1CCCC1)c1ccc(-c2nnc(CSCCOc3ccccc3)o2)cc1. The van der Waals surface area contributed by atoms with Gasteiger partial charge in [-0.15, -0.1) is 22.0 Å². The standard InChI is InChI=1S/C24H28N4O3S/c29-23(25-12-15-28-13-4-5-14-28)19-8-10-20(11-9-19)24-27-26-22(31-24)18-32-17-16-30-21-6-2-1-3-7-21/h1-3,6-11H,4-5,12-18H2,(H,25,29). The first-order chi connectivity index (χ1) is 15.8. The summed E-state index contributed by atoms with van der Waals surface area (Å²) >= 11 is 1.68. The Morgan fingerprint density at radius 1 is 1.06 bits per heavy atom. The zero-order valence-electron chi connectivity index (χ0n) is 18.0. The molecule has 1 amide bonds. The topological polar surface area (TPSA) is 80.5 Å². The maximum absolute atomic E-state index is 12.3. The van der Waals surface area contributed by atoms with Crippen LogP contribution in [0.5, 0.6) is 5.75 Å². The van der Waals surface area contributed by atoms with Gasteiger partial charge in [0.15, 0.2) is 0 Å². The van der Waals surface area contributed by atoms with Crippen LogP contribution in [0.2, 0.25) is 0 Å². The Morgan fingerprint density at radius 2 is 1.84 bits per heavy atom. The van der Waals surface area contributed by atoms with Gasteiger partial charge in [0.2, 0.25) is 11.8 Å². The normalized spacial score (nSPS) is 13.9. The number of para-hydroxylation sites is 1. The van der Waals surface area contributed by atoms with Crippen LogP contribution in [0.3, 0.4) is 0 Å². The number of carbonyl (C=O) groups excluding carboxylic acids is 1. The van der Waals surface area contributed by atoms with Gasteiger partial charge >= 0.3 is 0 Å². The molecule has 32 heavy (non-hydrogen) atoms. The fraction of sp³-hybridized carbons (Fsp3) is 0.375. The van der Waals surface area contributed by atoms with Crippen LogP contribution in [-0.4, -0.2) is 59.5 Å². The molecular formula is C24H28N4O3S. The summed E-state index contributed by atoms with van der Waals surface area (Å²) < 4.78 is 11.4. The number of hydrogen-bond acceptors (Lipinski definition) is 7.